The van der Waals surface area contributed by atoms with Crippen LogP contribution in [0.2, 0.25) is 0 Å². The van der Waals surface area contributed by atoms with Gasteiger partial charge in [0.1, 0.15) is 23.2 Å². The van der Waals surface area contributed by atoms with Crippen molar-refractivity contribution in [2.45, 2.75) is 45.6 Å². The minimum absolute atomic E-state index is 0.0371. The monoisotopic (exact) mass is 463 g/mol. The first kappa shape index (κ1) is 24.4. The van der Waals surface area contributed by atoms with E-state index in [1.807, 2.05) is 39.0 Å². The number of carboxylic acids is 1. The Morgan fingerprint density at radius 1 is 1.26 bits per heavy atom. The molecule has 0 unspecified atom stereocenters. The number of hydrogen-bond donors (Lipinski definition) is 2. The maximum absolute atomic E-state index is 11.0. The van der Waals surface area contributed by atoms with Gasteiger partial charge in [0.15, 0.2) is 0 Å². The first-order valence-corrected chi connectivity index (χ1v) is 10.6. The number of nitriles is 1. The van der Waals surface area contributed by atoms with E-state index in [0.29, 0.717) is 24.3 Å². The molecule has 10 nitrogen and oxygen atoms in total. The average molecular weight is 463 g/mol. The molecule has 0 aliphatic carbocycles. The molecule has 0 saturated carbocycles. The van der Waals surface area contributed by atoms with E-state index in [1.165, 1.54) is 19.2 Å². The Morgan fingerprint density at radius 2 is 1.97 bits per heavy atom. The van der Waals surface area contributed by atoms with Crippen LogP contribution >= 0.6 is 0 Å². The predicted octanol–water partition coefficient (Wildman–Crippen LogP) is 6.12. The van der Waals surface area contributed by atoms with Crippen molar-refractivity contribution >= 4 is 34.3 Å². The Kier molecular flexibility index (Phi) is 6.96. The van der Waals surface area contributed by atoms with Crippen LogP contribution in [0.15, 0.2) is 46.1 Å². The molecule has 0 spiro atoms. The van der Waals surface area contributed by atoms with E-state index in [4.69, 9.17) is 9.84 Å². The third kappa shape index (κ3) is 5.04. The van der Waals surface area contributed by atoms with E-state index in [9.17, 15) is 20.2 Å². The zero-order valence-electron chi connectivity index (χ0n) is 19.4. The van der Waals surface area contributed by atoms with Crippen molar-refractivity contribution in [3.63, 3.8) is 0 Å². The maximum atomic E-state index is 11.0. The molecule has 1 aliphatic rings. The van der Waals surface area contributed by atoms with E-state index in [0.717, 1.165) is 28.5 Å². The van der Waals surface area contributed by atoms with Crippen molar-refractivity contribution in [3.05, 3.63) is 57.1 Å². The Balaban J connectivity index is 2.02. The molecule has 2 aromatic rings. The van der Waals surface area contributed by atoms with Gasteiger partial charge >= 0.3 is 5.97 Å². The van der Waals surface area contributed by atoms with Gasteiger partial charge in [-0.05, 0) is 56.9 Å². The maximum Gasteiger partial charge on any atom is 0.303 e. The summed E-state index contributed by atoms with van der Waals surface area (Å²) >= 11 is 0. The molecule has 10 heteroatoms. The lowest BCUT2D eigenvalue weighted by molar-refractivity contribution is -0.384. The summed E-state index contributed by atoms with van der Waals surface area (Å²) < 4.78 is 5.50. The fourth-order valence-corrected chi connectivity index (χ4v) is 4.11. The normalized spacial score (nSPS) is 14.3. The van der Waals surface area contributed by atoms with E-state index in [2.05, 4.69) is 15.5 Å². The molecule has 176 valence electrons. The van der Waals surface area contributed by atoms with Crippen LogP contribution in [0.4, 0.5) is 22.7 Å². The van der Waals surface area contributed by atoms with Crippen molar-refractivity contribution in [3.8, 4) is 11.8 Å². The summed E-state index contributed by atoms with van der Waals surface area (Å²) in [4.78, 5) is 21.4. The molecular formula is C24H25N5O5. The topological polar surface area (TPSA) is 150 Å². The lowest BCUT2D eigenvalue weighted by Gasteiger charge is -2.38. The van der Waals surface area contributed by atoms with E-state index in [1.54, 1.807) is 0 Å². The second-order valence-electron chi connectivity index (χ2n) is 8.44. The number of ether oxygens (including phenoxy) is 1. The molecule has 1 aliphatic heterocycles. The Labute approximate surface area is 196 Å². The molecule has 0 amide bonds. The molecule has 1 heterocycles. The molecule has 0 radical (unpaired) electrons. The zero-order valence-corrected chi connectivity index (χ0v) is 19.4. The Hall–Kier alpha value is -4.26. The van der Waals surface area contributed by atoms with Crippen molar-refractivity contribution in [1.82, 2.24) is 0 Å². The van der Waals surface area contributed by atoms with E-state index in [-0.39, 0.29) is 28.9 Å². The van der Waals surface area contributed by atoms with Crippen molar-refractivity contribution < 1.29 is 19.6 Å². The van der Waals surface area contributed by atoms with Gasteiger partial charge in [0, 0.05) is 35.9 Å². The molecule has 34 heavy (non-hydrogen) atoms. The van der Waals surface area contributed by atoms with Gasteiger partial charge in [-0.2, -0.15) is 5.26 Å². The van der Waals surface area contributed by atoms with Gasteiger partial charge in [0.25, 0.3) is 5.69 Å². The number of nitrogens with one attached hydrogen (secondary N) is 1. The highest BCUT2D eigenvalue weighted by atomic mass is 16.6. The van der Waals surface area contributed by atoms with Gasteiger partial charge < -0.3 is 15.2 Å². The van der Waals surface area contributed by atoms with Crippen LogP contribution in [0.3, 0.4) is 0 Å². The van der Waals surface area contributed by atoms with Gasteiger partial charge in [0.05, 0.1) is 23.1 Å². The minimum Gasteiger partial charge on any atom is -0.494 e. The molecular weight excluding hydrogens is 438 g/mol. The number of aliphatic carboxylic acids is 1. The summed E-state index contributed by atoms with van der Waals surface area (Å²) in [6.45, 7) is 6.09. The van der Waals surface area contributed by atoms with Gasteiger partial charge in [-0.15, -0.1) is 10.2 Å². The zero-order chi connectivity index (χ0) is 25.0. The second kappa shape index (κ2) is 9.70. The number of carboxylic acid groups (broad SMARTS) is 1. The van der Waals surface area contributed by atoms with Crippen LogP contribution in [-0.2, 0) is 4.79 Å². The summed E-state index contributed by atoms with van der Waals surface area (Å²) in [6, 6.07) is 9.35. The lowest BCUT2D eigenvalue weighted by Crippen LogP contribution is -2.37. The number of hydrogen-bond acceptors (Lipinski definition) is 8. The lowest BCUT2D eigenvalue weighted by atomic mass is 9.80. The van der Waals surface area contributed by atoms with Crippen LogP contribution in [0.25, 0.3) is 5.57 Å². The number of non-ortho nitro benzene ring substituents is 1. The van der Waals surface area contributed by atoms with Crippen LogP contribution < -0.4 is 10.1 Å². The van der Waals surface area contributed by atoms with Crippen LogP contribution in [0.5, 0.6) is 5.75 Å². The first-order valence-electron chi connectivity index (χ1n) is 10.6. The molecule has 0 fully saturated rings. The summed E-state index contributed by atoms with van der Waals surface area (Å²) in [5.74, 6) is -0.357. The van der Waals surface area contributed by atoms with Gasteiger partial charge in [-0.25, -0.2) is 0 Å². The fraction of sp³-hybridized carbons (Fsp3) is 0.333. The molecule has 0 aromatic heterocycles. The van der Waals surface area contributed by atoms with Crippen molar-refractivity contribution in [2.24, 2.45) is 10.2 Å². The quantitative estimate of drug-likeness (QED) is 0.272. The number of azo groups is 1. The Bertz CT molecular complexity index is 1260. The third-order valence-corrected chi connectivity index (χ3v) is 5.77. The SMILES string of the molecule is COc1cc2c(cc1/N=N/c1ccc([N+](=O)[O-])cc1C#N)C(C)=C(CCCC(=O)O)C(C)(C)N2. The largest absolute Gasteiger partial charge is 0.494 e. The Morgan fingerprint density at radius 3 is 2.59 bits per heavy atom. The number of benzene rings is 2. The molecule has 2 aromatic carbocycles. The number of nitro benzene ring substituents is 1. The van der Waals surface area contributed by atoms with E-state index >= 15 is 0 Å². The number of fused-ring (bicyclic) bond motifs is 1. The van der Waals surface area contributed by atoms with Crippen molar-refractivity contribution in [1.29, 1.82) is 5.26 Å². The second-order valence-corrected chi connectivity index (χ2v) is 8.44. The first-order chi connectivity index (χ1) is 16.1. The average Bonchev–Trinajstić information content (AvgIpc) is 2.78. The summed E-state index contributed by atoms with van der Waals surface area (Å²) in [5, 5.41) is 41.2. The van der Waals surface area contributed by atoms with Crippen molar-refractivity contribution in [2.75, 3.05) is 12.4 Å². The van der Waals surface area contributed by atoms with Crippen LogP contribution in [0.1, 0.15) is 51.2 Å². The number of nitrogens with zero attached hydrogens (tertiary/aromatic N) is 4. The molecule has 0 atom stereocenters. The number of allylic oxidation sites excluding steroid dienone is 1. The molecule has 3 rings (SSSR count). The predicted molar refractivity (Wildman–Crippen MR) is 127 cm³/mol. The van der Waals surface area contributed by atoms with E-state index < -0.39 is 10.9 Å². The minimum atomic E-state index is -0.823. The van der Waals surface area contributed by atoms with Gasteiger partial charge in [-0.3, -0.25) is 14.9 Å². The summed E-state index contributed by atoms with van der Waals surface area (Å²) in [6.07, 6.45) is 1.26. The molecule has 0 saturated heterocycles. The summed E-state index contributed by atoms with van der Waals surface area (Å²) in [5.41, 5.74) is 3.97. The highest BCUT2D eigenvalue weighted by Gasteiger charge is 2.31. The van der Waals surface area contributed by atoms with Gasteiger partial charge in [-0.1, -0.05) is 0 Å². The molecule has 0 bridgehead atoms. The van der Waals surface area contributed by atoms with Gasteiger partial charge in [0.2, 0.25) is 0 Å². The standard InChI is InChI=1S/C24H25N5O5/c1-14-17-11-21(28-27-19-9-8-16(29(32)33)10-15(19)13-25)22(34-4)12-20(17)26-24(2,3)18(14)6-5-7-23(30)31/h8-12,26H,5-7H2,1-4H3,(H,30,31)/b28-27+. The summed E-state index contributed by atoms with van der Waals surface area (Å²) in [7, 11) is 1.52. The molecule has 2 N–H and O–H groups in total. The number of anilines is 1. The highest BCUT2D eigenvalue weighted by Crippen LogP contribution is 2.45. The number of rotatable bonds is 8. The number of methoxy groups -OCH3 is 1. The van der Waals surface area contributed by atoms with Crippen LogP contribution in [-0.4, -0.2) is 28.6 Å². The number of nitro groups is 1. The smallest absolute Gasteiger partial charge is 0.303 e. The van der Waals surface area contributed by atoms with Crippen LogP contribution in [0, 0.1) is 21.4 Å². The number of carbonyl (C=O) groups is 1. The fourth-order valence-electron chi connectivity index (χ4n) is 4.11. The third-order valence-electron chi connectivity index (χ3n) is 5.77. The highest BCUT2D eigenvalue weighted by molar-refractivity contribution is 5.86.